The molecule has 0 radical (unpaired) electrons. The average Bonchev–Trinajstić information content (AvgIpc) is 3.01. The second-order valence-electron chi connectivity index (χ2n) is 5.16. The quantitative estimate of drug-likeness (QED) is 0.630. The molecule has 7 heteroatoms. The van der Waals surface area contributed by atoms with Crippen LogP contribution in [0.5, 0.6) is 0 Å². The molecule has 0 saturated heterocycles. The van der Waals surface area contributed by atoms with E-state index in [1.54, 1.807) is 19.1 Å². The summed E-state index contributed by atoms with van der Waals surface area (Å²) < 4.78 is 0. The topological polar surface area (TPSA) is 92.5 Å². The first-order valence-electron chi connectivity index (χ1n) is 6.63. The molecule has 0 fully saturated rings. The van der Waals surface area contributed by atoms with E-state index in [1.165, 1.54) is 23.5 Å². The average molecular weight is 320 g/mol. The molecule has 0 aliphatic heterocycles. The molecule has 2 rings (SSSR count). The lowest BCUT2D eigenvalue weighted by Crippen LogP contribution is -2.39. The number of nitro groups is 1. The van der Waals surface area contributed by atoms with Gasteiger partial charge in [0.2, 0.25) is 5.91 Å². The van der Waals surface area contributed by atoms with Crippen LogP contribution in [0.3, 0.4) is 0 Å². The number of hydrogen-bond acceptors (Lipinski definition) is 5. The number of hydrogen-bond donors (Lipinski definition) is 2. The Kier molecular flexibility index (Phi) is 4.89. The minimum absolute atomic E-state index is 0.00968. The number of carbonyl (C=O) groups is 1. The SMILES string of the molecule is CC(O)(CNC(=O)Cc1ccc([N+](=O)[O-])cc1)c1ccsc1. The van der Waals surface area contributed by atoms with Crippen LogP contribution in [0.2, 0.25) is 0 Å². The van der Waals surface area contributed by atoms with Gasteiger partial charge in [0.05, 0.1) is 17.9 Å². The number of nitrogens with one attached hydrogen (secondary N) is 1. The maximum atomic E-state index is 11.9. The Balaban J connectivity index is 1.89. The Labute approximate surface area is 131 Å². The van der Waals surface area contributed by atoms with Gasteiger partial charge < -0.3 is 10.4 Å². The first-order chi connectivity index (χ1) is 10.4. The van der Waals surface area contributed by atoms with Crippen LogP contribution < -0.4 is 5.32 Å². The zero-order valence-electron chi connectivity index (χ0n) is 12.0. The van der Waals surface area contributed by atoms with Gasteiger partial charge in [-0.2, -0.15) is 11.3 Å². The molecule has 22 heavy (non-hydrogen) atoms. The van der Waals surface area contributed by atoms with Gasteiger partial charge in [-0.3, -0.25) is 14.9 Å². The summed E-state index contributed by atoms with van der Waals surface area (Å²) in [7, 11) is 0. The number of non-ortho nitro benzene ring substituents is 1. The Morgan fingerprint density at radius 2 is 2.05 bits per heavy atom. The van der Waals surface area contributed by atoms with E-state index >= 15 is 0 Å². The van der Waals surface area contributed by atoms with Gasteiger partial charge in [-0.1, -0.05) is 12.1 Å². The van der Waals surface area contributed by atoms with Gasteiger partial charge in [-0.25, -0.2) is 0 Å². The monoisotopic (exact) mass is 320 g/mol. The molecular weight excluding hydrogens is 304 g/mol. The second-order valence-corrected chi connectivity index (χ2v) is 5.94. The highest BCUT2D eigenvalue weighted by molar-refractivity contribution is 7.08. The van der Waals surface area contributed by atoms with Crippen LogP contribution in [-0.2, 0) is 16.8 Å². The van der Waals surface area contributed by atoms with Crippen LogP contribution >= 0.6 is 11.3 Å². The van der Waals surface area contributed by atoms with E-state index in [0.29, 0.717) is 5.56 Å². The molecular formula is C15H16N2O4S. The number of nitro benzene ring substituents is 1. The molecule has 0 aliphatic rings. The lowest BCUT2D eigenvalue weighted by molar-refractivity contribution is -0.384. The molecule has 0 saturated carbocycles. The van der Waals surface area contributed by atoms with E-state index in [4.69, 9.17) is 0 Å². The second kappa shape index (κ2) is 6.67. The van der Waals surface area contributed by atoms with Crippen molar-refractivity contribution < 1.29 is 14.8 Å². The van der Waals surface area contributed by atoms with E-state index in [1.807, 2.05) is 16.8 Å². The lowest BCUT2D eigenvalue weighted by Gasteiger charge is -2.22. The van der Waals surface area contributed by atoms with Crippen molar-refractivity contribution in [2.45, 2.75) is 18.9 Å². The van der Waals surface area contributed by atoms with Crippen molar-refractivity contribution in [3.05, 3.63) is 62.3 Å². The largest absolute Gasteiger partial charge is 0.384 e. The van der Waals surface area contributed by atoms with Crippen molar-refractivity contribution in [1.29, 1.82) is 0 Å². The van der Waals surface area contributed by atoms with Crippen molar-refractivity contribution in [3.63, 3.8) is 0 Å². The first-order valence-corrected chi connectivity index (χ1v) is 7.58. The Morgan fingerprint density at radius 1 is 1.36 bits per heavy atom. The van der Waals surface area contributed by atoms with Crippen molar-refractivity contribution in [2.24, 2.45) is 0 Å². The molecule has 1 unspecified atom stereocenters. The van der Waals surface area contributed by atoms with E-state index in [0.717, 1.165) is 5.56 Å². The van der Waals surface area contributed by atoms with Crippen LogP contribution in [0.25, 0.3) is 0 Å². The third-order valence-electron chi connectivity index (χ3n) is 3.28. The standard InChI is InChI=1S/C15H16N2O4S/c1-15(19,12-6-7-22-9-12)10-16-14(18)8-11-2-4-13(5-3-11)17(20)21/h2-7,9,19H,8,10H2,1H3,(H,16,18). The maximum Gasteiger partial charge on any atom is 0.269 e. The van der Waals surface area contributed by atoms with E-state index in [2.05, 4.69) is 5.32 Å². The highest BCUT2D eigenvalue weighted by Gasteiger charge is 2.24. The number of benzene rings is 1. The molecule has 0 spiro atoms. The van der Waals surface area contributed by atoms with E-state index in [-0.39, 0.29) is 24.6 Å². The minimum atomic E-state index is -1.12. The molecule has 1 aromatic heterocycles. The number of rotatable bonds is 6. The Morgan fingerprint density at radius 3 is 2.59 bits per heavy atom. The van der Waals surface area contributed by atoms with Crippen molar-refractivity contribution in [3.8, 4) is 0 Å². The molecule has 6 nitrogen and oxygen atoms in total. The third-order valence-corrected chi connectivity index (χ3v) is 3.97. The summed E-state index contributed by atoms with van der Waals surface area (Å²) in [6.07, 6.45) is 0.109. The number of thiophene rings is 1. The van der Waals surface area contributed by atoms with Crippen LogP contribution in [0.4, 0.5) is 5.69 Å². The number of nitrogens with zero attached hydrogens (tertiary/aromatic N) is 1. The molecule has 1 aromatic carbocycles. The van der Waals surface area contributed by atoms with E-state index in [9.17, 15) is 20.0 Å². The lowest BCUT2D eigenvalue weighted by atomic mass is 9.99. The molecule has 2 aromatic rings. The smallest absolute Gasteiger partial charge is 0.269 e. The third kappa shape index (κ3) is 4.12. The molecule has 2 N–H and O–H groups in total. The van der Waals surface area contributed by atoms with Crippen LogP contribution in [0.1, 0.15) is 18.1 Å². The van der Waals surface area contributed by atoms with Gasteiger partial charge in [-0.05, 0) is 34.9 Å². The fourth-order valence-electron chi connectivity index (χ4n) is 1.93. The number of amides is 1. The van der Waals surface area contributed by atoms with Crippen molar-refractivity contribution in [2.75, 3.05) is 6.54 Å². The predicted octanol–water partition coefficient (Wildman–Crippen LogP) is 2.22. The highest BCUT2D eigenvalue weighted by Crippen LogP contribution is 2.22. The molecule has 0 bridgehead atoms. The zero-order chi connectivity index (χ0) is 16.2. The Bertz CT molecular complexity index is 651. The van der Waals surface area contributed by atoms with Gasteiger partial charge in [0, 0.05) is 12.1 Å². The van der Waals surface area contributed by atoms with Crippen LogP contribution in [0.15, 0.2) is 41.1 Å². The molecule has 1 amide bonds. The van der Waals surface area contributed by atoms with Crippen molar-refractivity contribution in [1.82, 2.24) is 5.32 Å². The molecule has 1 heterocycles. The van der Waals surface area contributed by atoms with Gasteiger partial charge in [-0.15, -0.1) is 0 Å². The number of carbonyl (C=O) groups excluding carboxylic acids is 1. The van der Waals surface area contributed by atoms with Crippen molar-refractivity contribution >= 4 is 22.9 Å². The summed E-state index contributed by atoms with van der Waals surface area (Å²) in [6, 6.07) is 7.64. The summed E-state index contributed by atoms with van der Waals surface area (Å²) >= 11 is 1.48. The summed E-state index contributed by atoms with van der Waals surface area (Å²) in [5.41, 5.74) is 0.307. The number of aliphatic hydroxyl groups is 1. The van der Waals surface area contributed by atoms with Gasteiger partial charge in [0.1, 0.15) is 5.60 Å². The molecule has 1 atom stereocenters. The first kappa shape index (κ1) is 16.1. The highest BCUT2D eigenvalue weighted by atomic mass is 32.1. The summed E-state index contributed by atoms with van der Waals surface area (Å²) in [6.45, 7) is 1.75. The predicted molar refractivity (Wildman–Crippen MR) is 83.7 cm³/mol. The summed E-state index contributed by atoms with van der Waals surface area (Å²) in [4.78, 5) is 22.0. The Hall–Kier alpha value is -2.25. The van der Waals surface area contributed by atoms with Gasteiger partial charge in [0.15, 0.2) is 0 Å². The normalized spacial score (nSPS) is 13.4. The maximum absolute atomic E-state index is 11.9. The fraction of sp³-hybridized carbons (Fsp3) is 0.267. The van der Waals surface area contributed by atoms with Crippen LogP contribution in [-0.4, -0.2) is 22.5 Å². The minimum Gasteiger partial charge on any atom is -0.384 e. The zero-order valence-corrected chi connectivity index (χ0v) is 12.8. The van der Waals surface area contributed by atoms with Gasteiger partial charge in [0.25, 0.3) is 5.69 Å². The fourth-order valence-corrected chi connectivity index (χ4v) is 2.71. The summed E-state index contributed by atoms with van der Waals surface area (Å²) in [5, 5.41) is 27.2. The summed E-state index contributed by atoms with van der Waals surface area (Å²) in [5.74, 6) is -0.246. The molecule has 116 valence electrons. The van der Waals surface area contributed by atoms with Gasteiger partial charge >= 0.3 is 0 Å². The van der Waals surface area contributed by atoms with E-state index < -0.39 is 10.5 Å². The molecule has 0 aliphatic carbocycles. The van der Waals surface area contributed by atoms with Crippen LogP contribution in [0, 0.1) is 10.1 Å².